The third-order valence-electron chi connectivity index (χ3n) is 2.82. The highest BCUT2D eigenvalue weighted by Gasteiger charge is 2.00. The Kier molecular flexibility index (Phi) is 4.36. The predicted molar refractivity (Wildman–Crippen MR) is 72.0 cm³/mol. The van der Waals surface area contributed by atoms with Crippen LogP contribution < -0.4 is 10.1 Å². The molecule has 0 saturated heterocycles. The van der Waals surface area contributed by atoms with E-state index in [1.807, 2.05) is 31.6 Å². The lowest BCUT2D eigenvalue weighted by Gasteiger charge is -2.05. The fourth-order valence-corrected chi connectivity index (χ4v) is 1.86. The number of hydrogen-bond acceptors (Lipinski definition) is 3. The summed E-state index contributed by atoms with van der Waals surface area (Å²) in [4.78, 5) is 4.38. The van der Waals surface area contributed by atoms with Crippen molar-refractivity contribution in [3.63, 3.8) is 0 Å². The summed E-state index contributed by atoms with van der Waals surface area (Å²) in [6.07, 6.45) is 4.93. The molecule has 0 aliphatic rings. The van der Waals surface area contributed by atoms with Crippen LogP contribution in [-0.2, 0) is 13.0 Å². The molecule has 0 atom stereocenters. The molecule has 2 aromatic rings. The molecule has 0 spiro atoms. The van der Waals surface area contributed by atoms with Gasteiger partial charge in [-0.25, -0.2) is 4.98 Å². The van der Waals surface area contributed by atoms with Crippen LogP contribution in [-0.4, -0.2) is 30.3 Å². The van der Waals surface area contributed by atoms with Crippen LogP contribution in [0.4, 0.5) is 0 Å². The van der Waals surface area contributed by atoms with E-state index in [2.05, 4.69) is 27.1 Å². The molecule has 1 aromatic heterocycles. The zero-order valence-corrected chi connectivity index (χ0v) is 10.9. The number of aromatic nitrogens is 2. The smallest absolute Gasteiger partial charge is 0.119 e. The number of nitrogens with one attached hydrogen (secondary N) is 1. The van der Waals surface area contributed by atoms with Gasteiger partial charge >= 0.3 is 0 Å². The van der Waals surface area contributed by atoms with E-state index >= 15 is 0 Å². The second-order valence-electron chi connectivity index (χ2n) is 4.24. The first-order valence-corrected chi connectivity index (χ1v) is 6.10. The van der Waals surface area contributed by atoms with Crippen LogP contribution in [0.15, 0.2) is 36.8 Å². The van der Waals surface area contributed by atoms with E-state index in [0.29, 0.717) is 0 Å². The molecule has 0 radical (unpaired) electrons. The van der Waals surface area contributed by atoms with Crippen molar-refractivity contribution in [1.82, 2.24) is 14.9 Å². The zero-order valence-electron chi connectivity index (χ0n) is 10.9. The average Bonchev–Trinajstić information content (AvgIpc) is 2.84. The molecule has 0 bridgehead atoms. The fourth-order valence-electron chi connectivity index (χ4n) is 1.86. The van der Waals surface area contributed by atoms with Crippen molar-refractivity contribution in [1.29, 1.82) is 0 Å². The van der Waals surface area contributed by atoms with Crippen molar-refractivity contribution in [3.05, 3.63) is 48.0 Å². The van der Waals surface area contributed by atoms with Crippen LogP contribution in [0.1, 0.15) is 11.3 Å². The van der Waals surface area contributed by atoms with Crippen molar-refractivity contribution < 1.29 is 4.74 Å². The SMILES string of the molecule is CNCCc1cn(Cc2cccc(OC)c2)cn1. The molecule has 2 rings (SSSR count). The molecule has 0 amide bonds. The van der Waals surface area contributed by atoms with Crippen LogP contribution in [0, 0.1) is 0 Å². The molecule has 4 nitrogen and oxygen atoms in total. The van der Waals surface area contributed by atoms with Crippen LogP contribution >= 0.6 is 0 Å². The molecular formula is C14H19N3O. The maximum absolute atomic E-state index is 5.22. The van der Waals surface area contributed by atoms with Gasteiger partial charge < -0.3 is 14.6 Å². The van der Waals surface area contributed by atoms with Gasteiger partial charge in [0.05, 0.1) is 19.1 Å². The zero-order chi connectivity index (χ0) is 12.8. The van der Waals surface area contributed by atoms with Gasteiger partial charge in [0.1, 0.15) is 5.75 Å². The molecule has 0 aliphatic carbocycles. The molecule has 18 heavy (non-hydrogen) atoms. The van der Waals surface area contributed by atoms with Gasteiger partial charge in [0, 0.05) is 25.7 Å². The van der Waals surface area contributed by atoms with Gasteiger partial charge in [-0.15, -0.1) is 0 Å². The summed E-state index contributed by atoms with van der Waals surface area (Å²) < 4.78 is 7.31. The van der Waals surface area contributed by atoms with E-state index in [4.69, 9.17) is 4.74 Å². The van der Waals surface area contributed by atoms with E-state index < -0.39 is 0 Å². The van der Waals surface area contributed by atoms with E-state index in [0.717, 1.165) is 31.0 Å². The van der Waals surface area contributed by atoms with Gasteiger partial charge in [-0.3, -0.25) is 0 Å². The molecule has 0 aliphatic heterocycles. The summed E-state index contributed by atoms with van der Waals surface area (Å²) in [5, 5.41) is 3.12. The maximum atomic E-state index is 5.22. The molecule has 96 valence electrons. The number of methoxy groups -OCH3 is 1. The Bertz CT molecular complexity index is 493. The number of ether oxygens (including phenoxy) is 1. The van der Waals surface area contributed by atoms with E-state index in [1.54, 1.807) is 7.11 Å². The average molecular weight is 245 g/mol. The quantitative estimate of drug-likeness (QED) is 0.842. The van der Waals surface area contributed by atoms with Gasteiger partial charge in [0.2, 0.25) is 0 Å². The van der Waals surface area contributed by atoms with Crippen molar-refractivity contribution in [2.75, 3.05) is 20.7 Å². The second-order valence-corrected chi connectivity index (χ2v) is 4.24. The van der Waals surface area contributed by atoms with Crippen molar-refractivity contribution in [2.24, 2.45) is 0 Å². The summed E-state index contributed by atoms with van der Waals surface area (Å²) in [6, 6.07) is 8.10. The van der Waals surface area contributed by atoms with Crippen molar-refractivity contribution >= 4 is 0 Å². The molecule has 4 heteroatoms. The highest BCUT2D eigenvalue weighted by atomic mass is 16.5. The number of hydrogen-bond donors (Lipinski definition) is 1. The molecule has 1 aromatic carbocycles. The maximum Gasteiger partial charge on any atom is 0.119 e. The largest absolute Gasteiger partial charge is 0.497 e. The summed E-state index contributed by atoms with van der Waals surface area (Å²) in [5.41, 5.74) is 2.33. The second kappa shape index (κ2) is 6.21. The first kappa shape index (κ1) is 12.6. The minimum atomic E-state index is 0.823. The number of likely N-dealkylation sites (N-methyl/N-ethyl adjacent to an activating group) is 1. The first-order chi connectivity index (χ1) is 8.81. The third-order valence-corrected chi connectivity index (χ3v) is 2.82. The van der Waals surface area contributed by atoms with Crippen LogP contribution in [0.25, 0.3) is 0 Å². The van der Waals surface area contributed by atoms with E-state index in [1.165, 1.54) is 5.56 Å². The first-order valence-electron chi connectivity index (χ1n) is 6.10. The van der Waals surface area contributed by atoms with Gasteiger partial charge in [0.15, 0.2) is 0 Å². The summed E-state index contributed by atoms with van der Waals surface area (Å²) in [5.74, 6) is 0.892. The predicted octanol–water partition coefficient (Wildman–Crippen LogP) is 1.70. The lowest BCUT2D eigenvalue weighted by Crippen LogP contribution is -2.10. The van der Waals surface area contributed by atoms with Gasteiger partial charge in [-0.2, -0.15) is 0 Å². The third kappa shape index (κ3) is 3.34. The summed E-state index contributed by atoms with van der Waals surface area (Å²) in [6.45, 7) is 1.78. The standard InChI is InChI=1S/C14H19N3O/c1-15-7-6-13-10-17(11-16-13)9-12-4-3-5-14(8-12)18-2/h3-5,8,10-11,15H,6-7,9H2,1-2H3. The lowest BCUT2D eigenvalue weighted by molar-refractivity contribution is 0.414. The van der Waals surface area contributed by atoms with Crippen LogP contribution in [0.3, 0.4) is 0 Å². The summed E-state index contributed by atoms with van der Waals surface area (Å²) in [7, 11) is 3.64. The minimum absolute atomic E-state index is 0.823. The molecule has 0 fully saturated rings. The van der Waals surface area contributed by atoms with Gasteiger partial charge in [-0.1, -0.05) is 12.1 Å². The van der Waals surface area contributed by atoms with Crippen LogP contribution in [0.5, 0.6) is 5.75 Å². The van der Waals surface area contributed by atoms with E-state index in [9.17, 15) is 0 Å². The monoisotopic (exact) mass is 245 g/mol. The van der Waals surface area contributed by atoms with Crippen molar-refractivity contribution in [2.45, 2.75) is 13.0 Å². The highest BCUT2D eigenvalue weighted by molar-refractivity contribution is 5.28. The van der Waals surface area contributed by atoms with E-state index in [-0.39, 0.29) is 0 Å². The summed E-state index contributed by atoms with van der Waals surface area (Å²) >= 11 is 0. The minimum Gasteiger partial charge on any atom is -0.497 e. The highest BCUT2D eigenvalue weighted by Crippen LogP contribution is 2.13. The normalized spacial score (nSPS) is 10.6. The Morgan fingerprint density at radius 2 is 2.28 bits per heavy atom. The van der Waals surface area contributed by atoms with Crippen LogP contribution in [0.2, 0.25) is 0 Å². The van der Waals surface area contributed by atoms with Crippen molar-refractivity contribution in [3.8, 4) is 5.75 Å². The molecule has 0 saturated carbocycles. The Labute approximate surface area is 108 Å². The molecule has 0 unspecified atom stereocenters. The Balaban J connectivity index is 2.01. The Morgan fingerprint density at radius 3 is 3.06 bits per heavy atom. The Morgan fingerprint density at radius 1 is 1.39 bits per heavy atom. The molecule has 1 heterocycles. The lowest BCUT2D eigenvalue weighted by atomic mass is 10.2. The molecular weight excluding hydrogens is 226 g/mol. The number of imidazole rings is 1. The topological polar surface area (TPSA) is 39.1 Å². The fraction of sp³-hybridized carbons (Fsp3) is 0.357. The van der Waals surface area contributed by atoms with Gasteiger partial charge in [0.25, 0.3) is 0 Å². The number of nitrogens with zero attached hydrogens (tertiary/aromatic N) is 2. The molecule has 1 N–H and O–H groups in total. The number of rotatable bonds is 6. The number of benzene rings is 1. The Hall–Kier alpha value is -1.81. The van der Waals surface area contributed by atoms with Gasteiger partial charge in [-0.05, 0) is 24.7 Å².